The van der Waals surface area contributed by atoms with Crippen LogP contribution in [0.2, 0.25) is 0 Å². The van der Waals surface area contributed by atoms with Crippen LogP contribution in [0.25, 0.3) is 0 Å². The first-order valence-corrected chi connectivity index (χ1v) is 7.43. The summed E-state index contributed by atoms with van der Waals surface area (Å²) < 4.78 is 5.73. The average Bonchev–Trinajstić information content (AvgIpc) is 2.78. The van der Waals surface area contributed by atoms with Gasteiger partial charge in [0.2, 0.25) is 0 Å². The zero-order valence-electron chi connectivity index (χ0n) is 12.9. The second kappa shape index (κ2) is 6.95. The van der Waals surface area contributed by atoms with Crippen molar-refractivity contribution in [3.8, 4) is 5.75 Å². The van der Waals surface area contributed by atoms with Gasteiger partial charge >= 0.3 is 0 Å². The van der Waals surface area contributed by atoms with Gasteiger partial charge in [-0.2, -0.15) is 0 Å². The van der Waals surface area contributed by atoms with E-state index in [1.807, 2.05) is 24.3 Å². The molecule has 1 aliphatic rings. The average molecular weight is 277 g/mol. The highest BCUT2D eigenvalue weighted by Gasteiger charge is 2.30. The Balaban J connectivity index is 1.65. The number of benzene rings is 1. The lowest BCUT2D eigenvalue weighted by atomic mass is 10.1. The molecule has 1 aromatic carbocycles. The first-order valence-electron chi connectivity index (χ1n) is 7.43. The van der Waals surface area contributed by atoms with Gasteiger partial charge in [-0.05, 0) is 50.7 Å². The molecule has 1 saturated heterocycles. The number of nitrogens with two attached hydrogens (primary N) is 1. The van der Waals surface area contributed by atoms with Gasteiger partial charge in [0.1, 0.15) is 5.75 Å². The summed E-state index contributed by atoms with van der Waals surface area (Å²) in [5.41, 5.74) is 6.42. The first-order chi connectivity index (χ1) is 9.56. The van der Waals surface area contributed by atoms with Crippen molar-refractivity contribution in [2.75, 3.05) is 46.1 Å². The number of likely N-dealkylation sites (tertiary alicyclic amines) is 1. The molecule has 0 bridgehead atoms. The van der Waals surface area contributed by atoms with Crippen molar-refractivity contribution >= 4 is 5.69 Å². The quantitative estimate of drug-likeness (QED) is 0.637. The maximum Gasteiger partial charge on any atom is 0.119 e. The molecule has 0 saturated carbocycles. The van der Waals surface area contributed by atoms with Crippen LogP contribution in [-0.4, -0.2) is 56.2 Å². The van der Waals surface area contributed by atoms with Crippen molar-refractivity contribution in [3.05, 3.63) is 24.3 Å². The third-order valence-corrected chi connectivity index (χ3v) is 4.08. The molecule has 0 spiro atoms. The Morgan fingerprint density at radius 3 is 2.55 bits per heavy atom. The Morgan fingerprint density at radius 2 is 1.95 bits per heavy atom. The Bertz CT molecular complexity index is 405. The summed E-state index contributed by atoms with van der Waals surface area (Å²) in [5, 5.41) is 0. The molecule has 2 rings (SSSR count). The molecular formula is C16H27N3O. The van der Waals surface area contributed by atoms with Crippen LogP contribution in [0.5, 0.6) is 5.75 Å². The van der Waals surface area contributed by atoms with E-state index in [1.54, 1.807) is 0 Å². The molecule has 4 heteroatoms. The molecule has 2 atom stereocenters. The second-order valence-corrected chi connectivity index (χ2v) is 6.04. The van der Waals surface area contributed by atoms with E-state index in [9.17, 15) is 0 Å². The zero-order chi connectivity index (χ0) is 14.5. The van der Waals surface area contributed by atoms with Gasteiger partial charge < -0.3 is 20.3 Å². The lowest BCUT2D eigenvalue weighted by Crippen LogP contribution is -2.34. The molecule has 112 valence electrons. The lowest BCUT2D eigenvalue weighted by Gasteiger charge is -2.22. The molecule has 4 nitrogen and oxygen atoms in total. The summed E-state index contributed by atoms with van der Waals surface area (Å²) in [6, 6.07) is 8.29. The monoisotopic (exact) mass is 277 g/mol. The minimum Gasteiger partial charge on any atom is -0.494 e. The smallest absolute Gasteiger partial charge is 0.119 e. The van der Waals surface area contributed by atoms with E-state index in [4.69, 9.17) is 10.5 Å². The summed E-state index contributed by atoms with van der Waals surface area (Å²) in [7, 11) is 4.35. The Hall–Kier alpha value is -1.26. The van der Waals surface area contributed by atoms with Gasteiger partial charge in [-0.1, -0.05) is 6.92 Å². The molecule has 2 unspecified atom stereocenters. The molecule has 1 heterocycles. The molecule has 1 fully saturated rings. The van der Waals surface area contributed by atoms with E-state index in [2.05, 4.69) is 30.8 Å². The maximum atomic E-state index is 5.73. The highest BCUT2D eigenvalue weighted by atomic mass is 16.5. The SMILES string of the molecule is CC1CN(CCCOc2ccc(N)cc2)CC1N(C)C. The molecule has 0 radical (unpaired) electrons. The number of rotatable bonds is 6. The topological polar surface area (TPSA) is 41.7 Å². The van der Waals surface area contributed by atoms with Crippen LogP contribution in [0.15, 0.2) is 24.3 Å². The van der Waals surface area contributed by atoms with Crippen molar-refractivity contribution in [3.63, 3.8) is 0 Å². The van der Waals surface area contributed by atoms with E-state index in [-0.39, 0.29) is 0 Å². The molecule has 0 amide bonds. The van der Waals surface area contributed by atoms with E-state index < -0.39 is 0 Å². The Labute approximate surface area is 122 Å². The number of hydrogen-bond acceptors (Lipinski definition) is 4. The van der Waals surface area contributed by atoms with Gasteiger partial charge in [-0.3, -0.25) is 0 Å². The van der Waals surface area contributed by atoms with Crippen molar-refractivity contribution in [1.82, 2.24) is 9.80 Å². The fourth-order valence-electron chi connectivity index (χ4n) is 2.95. The van der Waals surface area contributed by atoms with Crippen molar-refractivity contribution in [2.24, 2.45) is 5.92 Å². The Morgan fingerprint density at radius 1 is 1.25 bits per heavy atom. The standard InChI is InChI=1S/C16H27N3O/c1-13-11-19(12-16(13)18(2)3)9-4-10-20-15-7-5-14(17)6-8-15/h5-8,13,16H,4,9-12,17H2,1-3H3. The minimum atomic E-state index is 0.688. The number of likely N-dealkylation sites (N-methyl/N-ethyl adjacent to an activating group) is 1. The molecule has 0 aliphatic carbocycles. The first kappa shape index (κ1) is 15.1. The minimum absolute atomic E-state index is 0.688. The molecule has 20 heavy (non-hydrogen) atoms. The normalized spacial score (nSPS) is 23.4. The van der Waals surface area contributed by atoms with E-state index in [1.165, 1.54) is 13.1 Å². The van der Waals surface area contributed by atoms with Gasteiger partial charge in [0.05, 0.1) is 6.61 Å². The van der Waals surface area contributed by atoms with Crippen molar-refractivity contribution < 1.29 is 4.74 Å². The second-order valence-electron chi connectivity index (χ2n) is 6.04. The van der Waals surface area contributed by atoms with Crippen LogP contribution < -0.4 is 10.5 Å². The molecule has 2 N–H and O–H groups in total. The summed E-state index contributed by atoms with van der Waals surface area (Å²) in [6.45, 7) is 6.60. The van der Waals surface area contributed by atoms with Gasteiger partial charge in [0, 0.05) is 31.4 Å². The van der Waals surface area contributed by atoms with E-state index in [0.29, 0.717) is 6.04 Å². The third-order valence-electron chi connectivity index (χ3n) is 4.08. The largest absolute Gasteiger partial charge is 0.494 e. The Kier molecular flexibility index (Phi) is 5.26. The number of anilines is 1. The third kappa shape index (κ3) is 4.12. The molecule has 1 aliphatic heterocycles. The highest BCUT2D eigenvalue weighted by Crippen LogP contribution is 2.20. The number of nitrogen functional groups attached to an aromatic ring is 1. The van der Waals surface area contributed by atoms with Crippen LogP contribution in [0.4, 0.5) is 5.69 Å². The lowest BCUT2D eigenvalue weighted by molar-refractivity contribution is 0.238. The van der Waals surface area contributed by atoms with Gasteiger partial charge in [0.25, 0.3) is 0 Å². The van der Waals surface area contributed by atoms with Crippen LogP contribution in [0.3, 0.4) is 0 Å². The van der Waals surface area contributed by atoms with Gasteiger partial charge in [-0.15, -0.1) is 0 Å². The fraction of sp³-hybridized carbons (Fsp3) is 0.625. The fourth-order valence-corrected chi connectivity index (χ4v) is 2.95. The summed E-state index contributed by atoms with van der Waals surface area (Å²) in [6.07, 6.45) is 1.07. The maximum absolute atomic E-state index is 5.73. The van der Waals surface area contributed by atoms with Crippen LogP contribution in [0, 0.1) is 5.92 Å². The van der Waals surface area contributed by atoms with Crippen LogP contribution in [0.1, 0.15) is 13.3 Å². The number of nitrogens with zero attached hydrogens (tertiary/aromatic N) is 2. The van der Waals surface area contributed by atoms with Crippen LogP contribution in [-0.2, 0) is 0 Å². The number of ether oxygens (including phenoxy) is 1. The zero-order valence-corrected chi connectivity index (χ0v) is 12.9. The predicted molar refractivity (Wildman–Crippen MR) is 84.0 cm³/mol. The summed E-state index contributed by atoms with van der Waals surface area (Å²) in [5.74, 6) is 1.66. The van der Waals surface area contributed by atoms with Crippen molar-refractivity contribution in [2.45, 2.75) is 19.4 Å². The van der Waals surface area contributed by atoms with Gasteiger partial charge in [0.15, 0.2) is 0 Å². The van der Waals surface area contributed by atoms with Crippen molar-refractivity contribution in [1.29, 1.82) is 0 Å². The predicted octanol–water partition coefficient (Wildman–Crippen LogP) is 1.92. The molecule has 0 aromatic heterocycles. The van der Waals surface area contributed by atoms with E-state index in [0.717, 1.165) is 36.9 Å². The van der Waals surface area contributed by atoms with Gasteiger partial charge in [-0.25, -0.2) is 0 Å². The van der Waals surface area contributed by atoms with Crippen LogP contribution >= 0.6 is 0 Å². The number of hydrogen-bond donors (Lipinski definition) is 1. The van der Waals surface area contributed by atoms with E-state index >= 15 is 0 Å². The summed E-state index contributed by atoms with van der Waals surface area (Å²) in [4.78, 5) is 4.89. The highest BCUT2D eigenvalue weighted by molar-refractivity contribution is 5.41. The summed E-state index contributed by atoms with van der Waals surface area (Å²) >= 11 is 0. The molecular weight excluding hydrogens is 250 g/mol. The molecule has 1 aromatic rings.